The van der Waals surface area contributed by atoms with E-state index in [-0.39, 0.29) is 6.10 Å². The average Bonchev–Trinajstić information content (AvgIpc) is 2.98. The molecule has 0 spiro atoms. The molecule has 0 saturated carbocycles. The van der Waals surface area contributed by atoms with E-state index in [0.29, 0.717) is 6.54 Å². The summed E-state index contributed by atoms with van der Waals surface area (Å²) in [6.07, 6.45) is 0.800. The Hall–Kier alpha value is -2.33. The SMILES string of the molecule is NCC1CC(c2ccc(Nc3ccccc3)cc2)=NO1. The summed E-state index contributed by atoms with van der Waals surface area (Å²) in [6.45, 7) is 0.501. The summed E-state index contributed by atoms with van der Waals surface area (Å²) in [6, 6.07) is 18.3. The van der Waals surface area contributed by atoms with Crippen LogP contribution < -0.4 is 11.1 Å². The summed E-state index contributed by atoms with van der Waals surface area (Å²) >= 11 is 0. The van der Waals surface area contributed by atoms with Crippen molar-refractivity contribution in [3.8, 4) is 0 Å². The molecule has 1 unspecified atom stereocenters. The Morgan fingerprint density at radius 1 is 1.05 bits per heavy atom. The Kier molecular flexibility index (Phi) is 3.65. The van der Waals surface area contributed by atoms with E-state index in [4.69, 9.17) is 10.6 Å². The van der Waals surface area contributed by atoms with Crippen LogP contribution in [0.3, 0.4) is 0 Å². The van der Waals surface area contributed by atoms with Gasteiger partial charge in [0, 0.05) is 24.3 Å². The molecular formula is C16H17N3O. The molecule has 1 aliphatic rings. The van der Waals surface area contributed by atoms with Crippen LogP contribution in [0.2, 0.25) is 0 Å². The quantitative estimate of drug-likeness (QED) is 0.895. The molecule has 0 fully saturated rings. The highest BCUT2D eigenvalue weighted by molar-refractivity contribution is 6.01. The highest BCUT2D eigenvalue weighted by atomic mass is 16.6. The fourth-order valence-electron chi connectivity index (χ4n) is 2.16. The molecule has 0 amide bonds. The molecule has 2 aromatic rings. The Balaban J connectivity index is 1.69. The van der Waals surface area contributed by atoms with Crippen LogP contribution >= 0.6 is 0 Å². The fraction of sp³-hybridized carbons (Fsp3) is 0.188. The lowest BCUT2D eigenvalue weighted by molar-refractivity contribution is 0.0918. The van der Waals surface area contributed by atoms with Crippen molar-refractivity contribution in [3.05, 3.63) is 60.2 Å². The normalized spacial score (nSPS) is 17.4. The zero-order valence-electron chi connectivity index (χ0n) is 11.1. The van der Waals surface area contributed by atoms with E-state index < -0.39 is 0 Å². The zero-order chi connectivity index (χ0) is 13.8. The van der Waals surface area contributed by atoms with Crippen LogP contribution in [-0.2, 0) is 4.84 Å². The summed E-state index contributed by atoms with van der Waals surface area (Å²) in [5.41, 5.74) is 9.75. The maximum atomic E-state index is 5.58. The van der Waals surface area contributed by atoms with E-state index in [2.05, 4.69) is 10.5 Å². The third kappa shape index (κ3) is 2.81. The number of nitrogens with one attached hydrogen (secondary N) is 1. The first-order valence-electron chi connectivity index (χ1n) is 6.70. The van der Waals surface area contributed by atoms with Gasteiger partial charge in [0.15, 0.2) is 0 Å². The van der Waals surface area contributed by atoms with Crippen LogP contribution in [0.25, 0.3) is 0 Å². The molecule has 1 aliphatic heterocycles. The van der Waals surface area contributed by atoms with Gasteiger partial charge in [0.1, 0.15) is 6.10 Å². The molecule has 20 heavy (non-hydrogen) atoms. The molecule has 1 atom stereocenters. The number of benzene rings is 2. The summed E-state index contributed by atoms with van der Waals surface area (Å²) in [5.74, 6) is 0. The number of hydrogen-bond donors (Lipinski definition) is 2. The van der Waals surface area contributed by atoms with Crippen molar-refractivity contribution in [1.29, 1.82) is 0 Å². The van der Waals surface area contributed by atoms with Crippen LogP contribution in [0.4, 0.5) is 11.4 Å². The number of nitrogens with zero attached hydrogens (tertiary/aromatic N) is 1. The molecule has 0 aliphatic carbocycles. The predicted molar refractivity (Wildman–Crippen MR) is 81.2 cm³/mol. The van der Waals surface area contributed by atoms with Gasteiger partial charge in [-0.15, -0.1) is 0 Å². The Morgan fingerprint density at radius 3 is 2.40 bits per heavy atom. The van der Waals surface area contributed by atoms with Crippen molar-refractivity contribution in [2.24, 2.45) is 10.9 Å². The van der Waals surface area contributed by atoms with Crippen molar-refractivity contribution >= 4 is 17.1 Å². The molecule has 0 saturated heterocycles. The minimum absolute atomic E-state index is 0.0205. The van der Waals surface area contributed by atoms with Crippen molar-refractivity contribution in [2.75, 3.05) is 11.9 Å². The fourth-order valence-corrected chi connectivity index (χ4v) is 2.16. The number of anilines is 2. The lowest BCUT2D eigenvalue weighted by atomic mass is 10.0. The smallest absolute Gasteiger partial charge is 0.145 e. The second kappa shape index (κ2) is 5.75. The Bertz CT molecular complexity index is 593. The molecule has 1 heterocycles. The van der Waals surface area contributed by atoms with Crippen molar-refractivity contribution < 1.29 is 4.84 Å². The van der Waals surface area contributed by atoms with Gasteiger partial charge in [-0.05, 0) is 29.8 Å². The Morgan fingerprint density at radius 2 is 1.75 bits per heavy atom. The van der Waals surface area contributed by atoms with Crippen LogP contribution in [0.1, 0.15) is 12.0 Å². The van der Waals surface area contributed by atoms with Crippen LogP contribution in [-0.4, -0.2) is 18.4 Å². The van der Waals surface area contributed by atoms with Gasteiger partial charge in [0.05, 0.1) is 5.71 Å². The molecular weight excluding hydrogens is 250 g/mol. The van der Waals surface area contributed by atoms with Gasteiger partial charge in [0.2, 0.25) is 0 Å². The minimum atomic E-state index is 0.0205. The molecule has 3 rings (SSSR count). The van der Waals surface area contributed by atoms with Crippen LogP contribution in [0.5, 0.6) is 0 Å². The lowest BCUT2D eigenvalue weighted by Gasteiger charge is -2.07. The van der Waals surface area contributed by atoms with Crippen molar-refractivity contribution in [2.45, 2.75) is 12.5 Å². The molecule has 3 N–H and O–H groups in total. The van der Waals surface area contributed by atoms with E-state index >= 15 is 0 Å². The second-order valence-electron chi connectivity index (χ2n) is 4.77. The van der Waals surface area contributed by atoms with Crippen molar-refractivity contribution in [3.63, 3.8) is 0 Å². The van der Waals surface area contributed by atoms with Crippen LogP contribution in [0.15, 0.2) is 59.8 Å². The molecule has 102 valence electrons. The predicted octanol–water partition coefficient (Wildman–Crippen LogP) is 2.88. The topological polar surface area (TPSA) is 59.6 Å². The first-order valence-corrected chi connectivity index (χ1v) is 6.70. The summed E-state index contributed by atoms with van der Waals surface area (Å²) in [7, 11) is 0. The van der Waals surface area contributed by atoms with Crippen molar-refractivity contribution in [1.82, 2.24) is 0 Å². The molecule has 4 heteroatoms. The molecule has 0 aromatic heterocycles. The first kappa shape index (κ1) is 12.7. The summed E-state index contributed by atoms with van der Waals surface area (Å²) < 4.78 is 0. The lowest BCUT2D eigenvalue weighted by Crippen LogP contribution is -2.20. The van der Waals surface area contributed by atoms with Crippen LogP contribution in [0, 0.1) is 0 Å². The van der Waals surface area contributed by atoms with E-state index in [1.54, 1.807) is 0 Å². The number of nitrogens with two attached hydrogens (primary N) is 1. The Labute approximate surface area is 118 Å². The highest BCUT2D eigenvalue weighted by Crippen LogP contribution is 2.20. The largest absolute Gasteiger partial charge is 0.390 e. The van der Waals surface area contributed by atoms with E-state index in [0.717, 1.165) is 29.1 Å². The number of para-hydroxylation sites is 1. The third-order valence-corrected chi connectivity index (χ3v) is 3.28. The number of hydrogen-bond acceptors (Lipinski definition) is 4. The molecule has 0 radical (unpaired) electrons. The van der Waals surface area contributed by atoms with Gasteiger partial charge >= 0.3 is 0 Å². The third-order valence-electron chi connectivity index (χ3n) is 3.28. The van der Waals surface area contributed by atoms with Gasteiger partial charge in [0.25, 0.3) is 0 Å². The van der Waals surface area contributed by atoms with Gasteiger partial charge in [-0.25, -0.2) is 0 Å². The second-order valence-corrected chi connectivity index (χ2v) is 4.77. The maximum absolute atomic E-state index is 5.58. The maximum Gasteiger partial charge on any atom is 0.145 e. The van der Waals surface area contributed by atoms with Gasteiger partial charge in [-0.2, -0.15) is 0 Å². The highest BCUT2D eigenvalue weighted by Gasteiger charge is 2.20. The molecule has 4 nitrogen and oxygen atoms in total. The van der Waals surface area contributed by atoms with Gasteiger partial charge in [-0.1, -0.05) is 35.5 Å². The summed E-state index contributed by atoms with van der Waals surface area (Å²) in [5, 5.41) is 7.44. The van der Waals surface area contributed by atoms with Gasteiger partial charge in [-0.3, -0.25) is 0 Å². The zero-order valence-corrected chi connectivity index (χ0v) is 11.1. The number of oxime groups is 1. The number of rotatable bonds is 4. The molecule has 0 bridgehead atoms. The van der Waals surface area contributed by atoms with E-state index in [1.165, 1.54) is 0 Å². The average molecular weight is 267 g/mol. The summed E-state index contributed by atoms with van der Waals surface area (Å²) in [4.78, 5) is 5.24. The standard InChI is InChI=1S/C16H17N3O/c17-11-15-10-16(19-20-15)12-6-8-14(9-7-12)18-13-4-2-1-3-5-13/h1-9,15,18H,10-11,17H2. The van der Waals surface area contributed by atoms with Gasteiger partial charge < -0.3 is 15.9 Å². The first-order chi connectivity index (χ1) is 9.85. The minimum Gasteiger partial charge on any atom is -0.390 e. The monoisotopic (exact) mass is 267 g/mol. The molecule has 2 aromatic carbocycles. The van der Waals surface area contributed by atoms with E-state index in [9.17, 15) is 0 Å². The van der Waals surface area contributed by atoms with E-state index in [1.807, 2.05) is 54.6 Å².